The summed E-state index contributed by atoms with van der Waals surface area (Å²) >= 11 is 0. The second kappa shape index (κ2) is 4.79. The molecule has 0 saturated heterocycles. The van der Waals surface area contributed by atoms with Gasteiger partial charge in [0.2, 0.25) is 0 Å². The van der Waals surface area contributed by atoms with E-state index in [0.29, 0.717) is 17.1 Å². The molecule has 0 radical (unpaired) electrons. The average Bonchev–Trinajstić information content (AvgIpc) is 2.74. The van der Waals surface area contributed by atoms with Crippen molar-refractivity contribution in [1.29, 1.82) is 0 Å². The van der Waals surface area contributed by atoms with Crippen LogP contribution in [-0.2, 0) is 7.05 Å². The fraction of sp³-hybridized carbons (Fsp3) is 0.167. The van der Waals surface area contributed by atoms with Gasteiger partial charge in [-0.3, -0.25) is 4.68 Å². The van der Waals surface area contributed by atoms with Crippen LogP contribution in [0, 0.1) is 6.92 Å². The Morgan fingerprint density at radius 1 is 1.44 bits per heavy atom. The second-order valence-electron chi connectivity index (χ2n) is 3.91. The number of benzene rings is 1. The van der Waals surface area contributed by atoms with Crippen LogP contribution in [0.15, 0.2) is 35.7 Å². The van der Waals surface area contributed by atoms with Crippen molar-refractivity contribution in [3.8, 4) is 11.5 Å². The third kappa shape index (κ3) is 2.42. The number of aromatic nitrogens is 2. The first-order chi connectivity index (χ1) is 8.60. The molecule has 6 heteroatoms. The first-order valence-electron chi connectivity index (χ1n) is 5.35. The summed E-state index contributed by atoms with van der Waals surface area (Å²) in [6, 6.07) is 5.32. The molecule has 3 N–H and O–H groups in total. The summed E-state index contributed by atoms with van der Waals surface area (Å²) in [7, 11) is 1.82. The zero-order valence-electron chi connectivity index (χ0n) is 10.2. The standard InChI is InChI=1S/C12H14N4O2/c1-8-5-9(3-4-11(8)12(13)15-17)18-10-6-14-16(2)7-10/h3-7,17H,1-2H3,(H2,13,15). The number of nitrogens with two attached hydrogens (primary N) is 1. The number of oxime groups is 1. The lowest BCUT2D eigenvalue weighted by atomic mass is 10.1. The molecule has 0 amide bonds. The van der Waals surface area contributed by atoms with E-state index in [4.69, 9.17) is 15.7 Å². The third-order valence-corrected chi connectivity index (χ3v) is 2.50. The van der Waals surface area contributed by atoms with Crippen molar-refractivity contribution in [3.05, 3.63) is 41.7 Å². The van der Waals surface area contributed by atoms with Crippen molar-refractivity contribution in [2.75, 3.05) is 0 Å². The SMILES string of the molecule is Cc1cc(Oc2cnn(C)c2)ccc1/C(N)=N/O. The summed E-state index contributed by atoms with van der Waals surface area (Å²) in [6.45, 7) is 1.86. The maximum atomic E-state index is 8.64. The fourth-order valence-electron chi connectivity index (χ4n) is 1.63. The van der Waals surface area contributed by atoms with Gasteiger partial charge in [0.05, 0.1) is 12.4 Å². The first-order valence-corrected chi connectivity index (χ1v) is 5.35. The molecular formula is C12H14N4O2. The number of hydrogen-bond acceptors (Lipinski definition) is 4. The monoisotopic (exact) mass is 246 g/mol. The smallest absolute Gasteiger partial charge is 0.170 e. The molecule has 18 heavy (non-hydrogen) atoms. The Hall–Kier alpha value is -2.50. The van der Waals surface area contributed by atoms with Gasteiger partial charge in [-0.2, -0.15) is 5.10 Å². The van der Waals surface area contributed by atoms with Crippen LogP contribution in [0.1, 0.15) is 11.1 Å². The van der Waals surface area contributed by atoms with E-state index in [-0.39, 0.29) is 5.84 Å². The lowest BCUT2D eigenvalue weighted by Gasteiger charge is -2.07. The highest BCUT2D eigenvalue weighted by Crippen LogP contribution is 2.23. The van der Waals surface area contributed by atoms with E-state index in [1.807, 2.05) is 20.0 Å². The number of nitrogens with zero attached hydrogens (tertiary/aromatic N) is 3. The van der Waals surface area contributed by atoms with Gasteiger partial charge in [0.1, 0.15) is 5.75 Å². The normalized spacial score (nSPS) is 11.6. The quantitative estimate of drug-likeness (QED) is 0.373. The maximum Gasteiger partial charge on any atom is 0.170 e. The van der Waals surface area contributed by atoms with Crippen LogP contribution in [0.4, 0.5) is 0 Å². The minimum Gasteiger partial charge on any atom is -0.454 e. The molecule has 0 atom stereocenters. The highest BCUT2D eigenvalue weighted by atomic mass is 16.5. The zero-order chi connectivity index (χ0) is 13.1. The largest absolute Gasteiger partial charge is 0.454 e. The highest BCUT2D eigenvalue weighted by molar-refractivity contribution is 5.98. The number of hydrogen-bond donors (Lipinski definition) is 2. The van der Waals surface area contributed by atoms with Gasteiger partial charge in [0, 0.05) is 12.6 Å². The van der Waals surface area contributed by atoms with Crippen molar-refractivity contribution in [1.82, 2.24) is 9.78 Å². The summed E-state index contributed by atoms with van der Waals surface area (Å²) in [5.41, 5.74) is 7.09. The van der Waals surface area contributed by atoms with Crippen molar-refractivity contribution < 1.29 is 9.94 Å². The lowest BCUT2D eigenvalue weighted by Crippen LogP contribution is -2.14. The van der Waals surface area contributed by atoms with Gasteiger partial charge in [0.15, 0.2) is 11.6 Å². The topological polar surface area (TPSA) is 85.7 Å². The molecule has 0 unspecified atom stereocenters. The molecule has 0 fully saturated rings. The number of aryl methyl sites for hydroxylation is 2. The Morgan fingerprint density at radius 3 is 2.78 bits per heavy atom. The Bertz CT molecular complexity index is 590. The molecule has 0 aliphatic carbocycles. The van der Waals surface area contributed by atoms with Crippen LogP contribution < -0.4 is 10.5 Å². The molecule has 6 nitrogen and oxygen atoms in total. The molecular weight excluding hydrogens is 232 g/mol. The molecule has 2 aromatic rings. The minimum absolute atomic E-state index is 0.0837. The van der Waals surface area contributed by atoms with Crippen LogP contribution in [0.2, 0.25) is 0 Å². The van der Waals surface area contributed by atoms with Crippen LogP contribution >= 0.6 is 0 Å². The number of amidine groups is 1. The summed E-state index contributed by atoms with van der Waals surface area (Å²) in [4.78, 5) is 0. The van der Waals surface area contributed by atoms with Gasteiger partial charge in [0.25, 0.3) is 0 Å². The van der Waals surface area contributed by atoms with Crippen LogP contribution in [0.25, 0.3) is 0 Å². The van der Waals surface area contributed by atoms with Gasteiger partial charge in [-0.15, -0.1) is 0 Å². The predicted molar refractivity (Wildman–Crippen MR) is 67.0 cm³/mol. The van der Waals surface area contributed by atoms with E-state index in [9.17, 15) is 0 Å². The molecule has 1 heterocycles. The van der Waals surface area contributed by atoms with Gasteiger partial charge in [-0.05, 0) is 30.7 Å². The Labute approximate surface area is 104 Å². The van der Waals surface area contributed by atoms with E-state index in [1.165, 1.54) is 0 Å². The van der Waals surface area contributed by atoms with E-state index < -0.39 is 0 Å². The molecule has 2 rings (SSSR count). The second-order valence-corrected chi connectivity index (χ2v) is 3.91. The Balaban J connectivity index is 2.24. The predicted octanol–water partition coefficient (Wildman–Crippen LogP) is 1.62. The third-order valence-electron chi connectivity index (χ3n) is 2.50. The van der Waals surface area contributed by atoms with Crippen molar-refractivity contribution in [3.63, 3.8) is 0 Å². The summed E-state index contributed by atoms with van der Waals surface area (Å²) in [5.74, 6) is 1.42. The molecule has 0 aliphatic rings. The van der Waals surface area contributed by atoms with Gasteiger partial charge in [-0.25, -0.2) is 0 Å². The fourth-order valence-corrected chi connectivity index (χ4v) is 1.63. The molecule has 0 saturated carbocycles. The van der Waals surface area contributed by atoms with E-state index in [0.717, 1.165) is 5.56 Å². The molecule has 0 spiro atoms. The molecule has 0 aliphatic heterocycles. The molecule has 1 aromatic carbocycles. The zero-order valence-corrected chi connectivity index (χ0v) is 10.2. The van der Waals surface area contributed by atoms with E-state index in [2.05, 4.69) is 10.3 Å². The van der Waals surface area contributed by atoms with Crippen molar-refractivity contribution >= 4 is 5.84 Å². The number of rotatable bonds is 3. The van der Waals surface area contributed by atoms with E-state index >= 15 is 0 Å². The maximum absolute atomic E-state index is 8.64. The summed E-state index contributed by atoms with van der Waals surface area (Å²) < 4.78 is 7.28. The van der Waals surface area contributed by atoms with Crippen LogP contribution in [0.3, 0.4) is 0 Å². The van der Waals surface area contributed by atoms with Gasteiger partial charge >= 0.3 is 0 Å². The van der Waals surface area contributed by atoms with Crippen LogP contribution in [-0.4, -0.2) is 20.8 Å². The summed E-state index contributed by atoms with van der Waals surface area (Å²) in [5, 5.41) is 15.6. The van der Waals surface area contributed by atoms with Crippen molar-refractivity contribution in [2.24, 2.45) is 17.9 Å². The molecule has 1 aromatic heterocycles. The van der Waals surface area contributed by atoms with Gasteiger partial charge < -0.3 is 15.7 Å². The molecule has 0 bridgehead atoms. The minimum atomic E-state index is 0.0837. The lowest BCUT2D eigenvalue weighted by molar-refractivity contribution is 0.318. The first kappa shape index (κ1) is 12.0. The molecule has 94 valence electrons. The summed E-state index contributed by atoms with van der Waals surface area (Å²) in [6.07, 6.45) is 3.40. The highest BCUT2D eigenvalue weighted by Gasteiger charge is 2.06. The Morgan fingerprint density at radius 2 is 2.22 bits per heavy atom. The van der Waals surface area contributed by atoms with Crippen molar-refractivity contribution in [2.45, 2.75) is 6.92 Å². The number of ether oxygens (including phenoxy) is 1. The Kier molecular flexibility index (Phi) is 3.18. The van der Waals surface area contributed by atoms with Crippen LogP contribution in [0.5, 0.6) is 11.5 Å². The van der Waals surface area contributed by atoms with Gasteiger partial charge in [-0.1, -0.05) is 5.16 Å². The average molecular weight is 246 g/mol. The van der Waals surface area contributed by atoms with E-state index in [1.54, 1.807) is 29.2 Å².